The van der Waals surface area contributed by atoms with Gasteiger partial charge in [-0.25, -0.2) is 0 Å². The van der Waals surface area contributed by atoms with Crippen LogP contribution in [0.1, 0.15) is 33.4 Å². The van der Waals surface area contributed by atoms with Crippen LogP contribution >= 0.6 is 0 Å². The molecule has 8 aromatic rings. The number of benzene rings is 7. The normalized spacial score (nSPS) is 13.5. The summed E-state index contributed by atoms with van der Waals surface area (Å²) in [5.41, 5.74) is 17.3. The number of nitrogens with zero attached hydrogens (tertiary/aromatic N) is 1. The highest BCUT2D eigenvalue weighted by Gasteiger charge is 2.52. The van der Waals surface area contributed by atoms with Gasteiger partial charge in [-0.05, 0) is 120 Å². The summed E-state index contributed by atoms with van der Waals surface area (Å²) < 4.78 is 0. The number of rotatable bonds is 2. The fraction of sp³-hybridized carbons (Fsp3) is 0.0652. The number of pyridine rings is 1. The highest BCUT2D eigenvalue weighted by molar-refractivity contribution is 6.02. The van der Waals surface area contributed by atoms with E-state index in [4.69, 9.17) is 4.98 Å². The second-order valence-corrected chi connectivity index (χ2v) is 13.2. The van der Waals surface area contributed by atoms with Crippen LogP contribution in [-0.4, -0.2) is 4.98 Å². The summed E-state index contributed by atoms with van der Waals surface area (Å²) in [4.78, 5) is 5.03. The first-order valence-corrected chi connectivity index (χ1v) is 16.5. The number of aryl methyl sites for hydroxylation is 2. The summed E-state index contributed by atoms with van der Waals surface area (Å²) in [5.74, 6) is 0. The molecule has 1 spiro atoms. The van der Waals surface area contributed by atoms with Crippen molar-refractivity contribution in [3.8, 4) is 44.6 Å². The van der Waals surface area contributed by atoms with Crippen molar-refractivity contribution in [1.29, 1.82) is 0 Å². The van der Waals surface area contributed by atoms with Gasteiger partial charge in [0, 0.05) is 11.8 Å². The Kier molecular flexibility index (Phi) is 5.40. The molecule has 10 rings (SSSR count). The minimum Gasteiger partial charge on any atom is -0.256 e. The first kappa shape index (κ1) is 26.4. The summed E-state index contributed by atoms with van der Waals surface area (Å²) >= 11 is 0. The second kappa shape index (κ2) is 9.61. The van der Waals surface area contributed by atoms with Crippen molar-refractivity contribution in [2.75, 3.05) is 0 Å². The Morgan fingerprint density at radius 1 is 0.383 bits per heavy atom. The second-order valence-electron chi connectivity index (χ2n) is 13.2. The third-order valence-corrected chi connectivity index (χ3v) is 10.8. The monoisotopic (exact) mass is 597 g/mol. The molecule has 220 valence electrons. The summed E-state index contributed by atoms with van der Waals surface area (Å²) in [6, 6.07) is 54.4. The third-order valence-electron chi connectivity index (χ3n) is 10.8. The molecule has 0 fully saturated rings. The minimum atomic E-state index is -0.474. The molecule has 0 saturated heterocycles. The lowest BCUT2D eigenvalue weighted by atomic mass is 9.70. The van der Waals surface area contributed by atoms with Crippen molar-refractivity contribution in [2.45, 2.75) is 19.3 Å². The molecular formula is C46H31N. The average Bonchev–Trinajstić information content (AvgIpc) is 3.59. The van der Waals surface area contributed by atoms with Gasteiger partial charge in [-0.15, -0.1) is 0 Å². The fourth-order valence-electron chi connectivity index (χ4n) is 8.73. The van der Waals surface area contributed by atoms with Crippen molar-refractivity contribution >= 4 is 21.5 Å². The number of fused-ring (bicyclic) bond motifs is 12. The predicted octanol–water partition coefficient (Wildman–Crippen LogP) is 11.7. The molecule has 0 radical (unpaired) electrons. The van der Waals surface area contributed by atoms with Gasteiger partial charge in [0.25, 0.3) is 0 Å². The summed E-state index contributed by atoms with van der Waals surface area (Å²) in [6.45, 7) is 4.41. The van der Waals surface area contributed by atoms with E-state index in [2.05, 4.69) is 159 Å². The van der Waals surface area contributed by atoms with Crippen LogP contribution in [0.5, 0.6) is 0 Å². The molecule has 1 nitrogen and oxygen atoms in total. The van der Waals surface area contributed by atoms with Gasteiger partial charge >= 0.3 is 0 Å². The van der Waals surface area contributed by atoms with E-state index in [1.165, 1.54) is 93.9 Å². The van der Waals surface area contributed by atoms with Crippen molar-refractivity contribution < 1.29 is 0 Å². The van der Waals surface area contributed by atoms with Crippen LogP contribution in [0.2, 0.25) is 0 Å². The van der Waals surface area contributed by atoms with Crippen LogP contribution in [0, 0.1) is 13.8 Å². The maximum Gasteiger partial charge on any atom is 0.0753 e. The number of hydrogen-bond acceptors (Lipinski definition) is 1. The molecule has 1 heteroatoms. The fourth-order valence-corrected chi connectivity index (χ4v) is 8.73. The molecule has 7 aromatic carbocycles. The zero-order chi connectivity index (χ0) is 31.3. The zero-order valence-electron chi connectivity index (χ0n) is 26.4. The Labute approximate surface area is 274 Å². The molecule has 0 unspecified atom stereocenters. The van der Waals surface area contributed by atoms with Crippen LogP contribution < -0.4 is 0 Å². The standard InChI is InChI=1S/C46H31N/c1-28-17-21-34(36-12-5-3-10-32(28)36)30-19-23-38-39-24-20-31(35-22-18-29(2)33-11-4-6-13-37(33)35)27-44(39)46(43(38)26-30)41-15-8-7-14-40(41)45-42(46)16-9-25-47-45/h3-27H,1-2H3. The maximum atomic E-state index is 5.03. The number of hydrogen-bond donors (Lipinski definition) is 0. The lowest BCUT2D eigenvalue weighted by Crippen LogP contribution is -2.26. The third kappa shape index (κ3) is 3.46. The van der Waals surface area contributed by atoms with E-state index in [1.54, 1.807) is 0 Å². The van der Waals surface area contributed by atoms with Gasteiger partial charge in [-0.2, -0.15) is 0 Å². The average molecular weight is 598 g/mol. The van der Waals surface area contributed by atoms with Gasteiger partial charge in [0.05, 0.1) is 11.1 Å². The summed E-state index contributed by atoms with van der Waals surface area (Å²) in [7, 11) is 0. The van der Waals surface area contributed by atoms with E-state index in [1.807, 2.05) is 6.20 Å². The van der Waals surface area contributed by atoms with Crippen molar-refractivity contribution in [1.82, 2.24) is 4.98 Å². The Morgan fingerprint density at radius 2 is 0.872 bits per heavy atom. The van der Waals surface area contributed by atoms with Crippen molar-refractivity contribution in [2.24, 2.45) is 0 Å². The van der Waals surface area contributed by atoms with Crippen LogP contribution in [0.4, 0.5) is 0 Å². The largest absolute Gasteiger partial charge is 0.256 e. The zero-order valence-corrected chi connectivity index (χ0v) is 26.4. The van der Waals surface area contributed by atoms with Crippen LogP contribution in [0.3, 0.4) is 0 Å². The number of aromatic nitrogens is 1. The molecule has 0 saturated carbocycles. The molecule has 47 heavy (non-hydrogen) atoms. The SMILES string of the molecule is Cc1ccc(-c2ccc3c(c2)C2(c4cc(-c5ccc(C)c6ccccc56)ccc4-3)c3ccccc3-c3ncccc32)c2ccccc12. The van der Waals surface area contributed by atoms with Crippen LogP contribution in [0.25, 0.3) is 66.2 Å². The minimum absolute atomic E-state index is 0.474. The van der Waals surface area contributed by atoms with Crippen LogP contribution in [0.15, 0.2) is 152 Å². The van der Waals surface area contributed by atoms with Gasteiger partial charge in [0.2, 0.25) is 0 Å². The molecule has 0 atom stereocenters. The summed E-state index contributed by atoms with van der Waals surface area (Å²) in [5, 5.41) is 5.19. The molecular weight excluding hydrogens is 567 g/mol. The Morgan fingerprint density at radius 3 is 1.47 bits per heavy atom. The summed E-state index contributed by atoms with van der Waals surface area (Å²) in [6.07, 6.45) is 1.94. The first-order chi connectivity index (χ1) is 23.1. The molecule has 1 aromatic heterocycles. The lowest BCUT2D eigenvalue weighted by molar-refractivity contribution is 0.792. The molecule has 0 N–H and O–H groups in total. The lowest BCUT2D eigenvalue weighted by Gasteiger charge is -2.31. The maximum absolute atomic E-state index is 5.03. The van der Waals surface area contributed by atoms with Gasteiger partial charge in [-0.3, -0.25) is 4.98 Å². The predicted molar refractivity (Wildman–Crippen MR) is 196 cm³/mol. The Balaban J connectivity index is 1.30. The van der Waals surface area contributed by atoms with Crippen LogP contribution in [-0.2, 0) is 5.41 Å². The van der Waals surface area contributed by atoms with Gasteiger partial charge in [0.15, 0.2) is 0 Å². The first-order valence-electron chi connectivity index (χ1n) is 16.5. The van der Waals surface area contributed by atoms with Crippen molar-refractivity contribution in [3.63, 3.8) is 0 Å². The van der Waals surface area contributed by atoms with Crippen molar-refractivity contribution in [3.05, 3.63) is 185 Å². The van der Waals surface area contributed by atoms with Gasteiger partial charge < -0.3 is 0 Å². The van der Waals surface area contributed by atoms with Gasteiger partial charge in [0.1, 0.15) is 0 Å². The quantitative estimate of drug-likeness (QED) is 0.193. The van der Waals surface area contributed by atoms with E-state index in [-0.39, 0.29) is 0 Å². The van der Waals surface area contributed by atoms with E-state index in [0.717, 1.165) is 5.69 Å². The highest BCUT2D eigenvalue weighted by Crippen LogP contribution is 2.63. The van der Waals surface area contributed by atoms with E-state index >= 15 is 0 Å². The molecule has 2 aliphatic rings. The smallest absolute Gasteiger partial charge is 0.0753 e. The Bertz CT molecular complexity index is 2420. The topological polar surface area (TPSA) is 12.9 Å². The molecule has 0 amide bonds. The Hall–Kier alpha value is -5.79. The molecule has 2 aliphatic carbocycles. The molecule has 0 bridgehead atoms. The highest BCUT2D eigenvalue weighted by atomic mass is 14.7. The van der Waals surface area contributed by atoms with Gasteiger partial charge in [-0.1, -0.05) is 127 Å². The van der Waals surface area contributed by atoms with E-state index in [0.29, 0.717) is 0 Å². The van der Waals surface area contributed by atoms with E-state index in [9.17, 15) is 0 Å². The van der Waals surface area contributed by atoms with E-state index < -0.39 is 5.41 Å². The molecule has 1 heterocycles. The molecule has 0 aliphatic heterocycles.